The van der Waals surface area contributed by atoms with Crippen LogP contribution in [0.2, 0.25) is 0 Å². The molecular formula is C17H27NO2. The van der Waals surface area contributed by atoms with Crippen molar-refractivity contribution in [2.75, 3.05) is 19.8 Å². The van der Waals surface area contributed by atoms with E-state index in [0.717, 1.165) is 38.2 Å². The van der Waals surface area contributed by atoms with E-state index in [0.29, 0.717) is 6.61 Å². The summed E-state index contributed by atoms with van der Waals surface area (Å²) in [4.78, 5) is 0. The molecule has 0 bridgehead atoms. The average molecular weight is 277 g/mol. The van der Waals surface area contributed by atoms with Crippen molar-refractivity contribution in [3.8, 4) is 5.75 Å². The van der Waals surface area contributed by atoms with E-state index >= 15 is 0 Å². The molecule has 20 heavy (non-hydrogen) atoms. The number of ether oxygens (including phenoxy) is 2. The number of rotatable bonds is 7. The standard InChI is InChI=1S/C17H27NO2/c1-4-11-18-16(17(3)10-7-12-20-17)14-8-6-9-15(13-14)19-5-2/h6,8-9,13,16,18H,4-5,7,10-12H2,1-3H3. The lowest BCUT2D eigenvalue weighted by atomic mass is 9.87. The van der Waals surface area contributed by atoms with E-state index in [1.807, 2.05) is 13.0 Å². The van der Waals surface area contributed by atoms with Gasteiger partial charge < -0.3 is 14.8 Å². The summed E-state index contributed by atoms with van der Waals surface area (Å²) in [5.41, 5.74) is 1.15. The number of hydrogen-bond acceptors (Lipinski definition) is 3. The summed E-state index contributed by atoms with van der Waals surface area (Å²) in [7, 11) is 0. The molecule has 0 saturated carbocycles. The first-order valence-electron chi connectivity index (χ1n) is 7.79. The second-order valence-corrected chi connectivity index (χ2v) is 5.66. The minimum atomic E-state index is -0.111. The van der Waals surface area contributed by atoms with Gasteiger partial charge in [-0.25, -0.2) is 0 Å². The minimum absolute atomic E-state index is 0.111. The molecule has 3 heteroatoms. The first-order chi connectivity index (χ1) is 9.69. The van der Waals surface area contributed by atoms with Crippen LogP contribution in [0.15, 0.2) is 24.3 Å². The Hall–Kier alpha value is -1.06. The summed E-state index contributed by atoms with van der Waals surface area (Å²) < 4.78 is 11.7. The summed E-state index contributed by atoms with van der Waals surface area (Å²) >= 11 is 0. The first-order valence-corrected chi connectivity index (χ1v) is 7.79. The number of hydrogen-bond donors (Lipinski definition) is 1. The molecule has 1 aliphatic rings. The van der Waals surface area contributed by atoms with E-state index in [9.17, 15) is 0 Å². The Bertz CT molecular complexity index is 413. The van der Waals surface area contributed by atoms with Crippen LogP contribution in [-0.4, -0.2) is 25.4 Å². The van der Waals surface area contributed by atoms with Crippen LogP contribution in [0.1, 0.15) is 51.6 Å². The molecule has 3 nitrogen and oxygen atoms in total. The van der Waals surface area contributed by atoms with Gasteiger partial charge in [-0.2, -0.15) is 0 Å². The molecule has 0 aromatic heterocycles. The monoisotopic (exact) mass is 277 g/mol. The molecule has 1 fully saturated rings. The van der Waals surface area contributed by atoms with Crippen LogP contribution in [0.25, 0.3) is 0 Å². The minimum Gasteiger partial charge on any atom is -0.494 e. The van der Waals surface area contributed by atoms with E-state index < -0.39 is 0 Å². The van der Waals surface area contributed by atoms with Gasteiger partial charge in [0.25, 0.3) is 0 Å². The third-order valence-corrected chi connectivity index (χ3v) is 3.96. The van der Waals surface area contributed by atoms with Crippen LogP contribution >= 0.6 is 0 Å². The normalized spacial score (nSPS) is 23.8. The quantitative estimate of drug-likeness (QED) is 0.824. The Labute approximate surface area is 122 Å². The summed E-state index contributed by atoms with van der Waals surface area (Å²) in [6.07, 6.45) is 3.37. The van der Waals surface area contributed by atoms with E-state index in [4.69, 9.17) is 9.47 Å². The fourth-order valence-electron chi connectivity index (χ4n) is 2.95. The van der Waals surface area contributed by atoms with Gasteiger partial charge in [-0.05, 0) is 57.4 Å². The van der Waals surface area contributed by atoms with Gasteiger partial charge in [0.05, 0.1) is 18.2 Å². The highest BCUT2D eigenvalue weighted by Gasteiger charge is 2.39. The molecule has 1 aromatic rings. The maximum absolute atomic E-state index is 6.05. The predicted molar refractivity (Wildman–Crippen MR) is 82.2 cm³/mol. The molecule has 0 amide bonds. The van der Waals surface area contributed by atoms with Gasteiger partial charge in [-0.1, -0.05) is 19.1 Å². The highest BCUT2D eigenvalue weighted by atomic mass is 16.5. The van der Waals surface area contributed by atoms with E-state index in [1.165, 1.54) is 5.56 Å². The van der Waals surface area contributed by atoms with Gasteiger partial charge >= 0.3 is 0 Å². The Morgan fingerprint density at radius 3 is 2.90 bits per heavy atom. The third-order valence-electron chi connectivity index (χ3n) is 3.96. The van der Waals surface area contributed by atoms with Gasteiger partial charge in [-0.15, -0.1) is 0 Å². The topological polar surface area (TPSA) is 30.5 Å². The third kappa shape index (κ3) is 3.53. The Kier molecular flexibility index (Phi) is 5.44. The van der Waals surface area contributed by atoms with Crippen molar-refractivity contribution in [1.82, 2.24) is 5.32 Å². The highest BCUT2D eigenvalue weighted by molar-refractivity contribution is 5.32. The first kappa shape index (κ1) is 15.3. The maximum atomic E-state index is 6.05. The van der Waals surface area contributed by atoms with E-state index in [1.54, 1.807) is 0 Å². The van der Waals surface area contributed by atoms with Crippen molar-refractivity contribution in [3.05, 3.63) is 29.8 Å². The van der Waals surface area contributed by atoms with Gasteiger partial charge in [-0.3, -0.25) is 0 Å². The average Bonchev–Trinajstić information content (AvgIpc) is 2.88. The molecule has 2 atom stereocenters. The summed E-state index contributed by atoms with van der Waals surface area (Å²) in [6, 6.07) is 8.62. The molecule has 2 unspecified atom stereocenters. The smallest absolute Gasteiger partial charge is 0.119 e. The van der Waals surface area contributed by atoms with Crippen molar-refractivity contribution in [3.63, 3.8) is 0 Å². The lowest BCUT2D eigenvalue weighted by Crippen LogP contribution is -2.41. The van der Waals surface area contributed by atoms with Crippen LogP contribution in [0, 0.1) is 0 Å². The summed E-state index contributed by atoms with van der Waals surface area (Å²) in [5, 5.41) is 3.66. The van der Waals surface area contributed by atoms with Crippen molar-refractivity contribution in [1.29, 1.82) is 0 Å². The lowest BCUT2D eigenvalue weighted by molar-refractivity contribution is -0.0125. The summed E-state index contributed by atoms with van der Waals surface area (Å²) in [6.45, 7) is 9.00. The molecule has 0 aliphatic carbocycles. The van der Waals surface area contributed by atoms with Crippen molar-refractivity contribution in [2.45, 2.75) is 51.7 Å². The van der Waals surface area contributed by atoms with Crippen molar-refractivity contribution in [2.24, 2.45) is 0 Å². The second kappa shape index (κ2) is 7.09. The fraction of sp³-hybridized carbons (Fsp3) is 0.647. The van der Waals surface area contributed by atoms with Gasteiger partial charge in [0, 0.05) is 6.61 Å². The van der Waals surface area contributed by atoms with Gasteiger partial charge in [0.1, 0.15) is 5.75 Å². The summed E-state index contributed by atoms with van der Waals surface area (Å²) in [5.74, 6) is 0.940. The number of nitrogens with one attached hydrogen (secondary N) is 1. The molecule has 0 spiro atoms. The molecular weight excluding hydrogens is 250 g/mol. The molecule has 0 radical (unpaired) electrons. The number of benzene rings is 1. The van der Waals surface area contributed by atoms with Crippen LogP contribution in [0.3, 0.4) is 0 Å². The largest absolute Gasteiger partial charge is 0.494 e. The van der Waals surface area contributed by atoms with Gasteiger partial charge in [0.2, 0.25) is 0 Å². The molecule has 1 heterocycles. The molecule has 1 N–H and O–H groups in total. The lowest BCUT2D eigenvalue weighted by Gasteiger charge is -2.34. The fourth-order valence-corrected chi connectivity index (χ4v) is 2.95. The zero-order valence-electron chi connectivity index (χ0n) is 12.9. The Balaban J connectivity index is 2.23. The molecule has 112 valence electrons. The van der Waals surface area contributed by atoms with Crippen LogP contribution < -0.4 is 10.1 Å². The van der Waals surface area contributed by atoms with Crippen molar-refractivity contribution < 1.29 is 9.47 Å². The van der Waals surface area contributed by atoms with E-state index in [-0.39, 0.29) is 11.6 Å². The zero-order chi connectivity index (χ0) is 14.4. The van der Waals surface area contributed by atoms with E-state index in [2.05, 4.69) is 37.4 Å². The predicted octanol–water partition coefficient (Wildman–Crippen LogP) is 3.70. The molecule has 1 aliphatic heterocycles. The SMILES string of the molecule is CCCNC(c1cccc(OCC)c1)C1(C)CCCO1. The van der Waals surface area contributed by atoms with Crippen LogP contribution in [0.5, 0.6) is 5.75 Å². The Morgan fingerprint density at radius 2 is 2.25 bits per heavy atom. The molecule has 1 saturated heterocycles. The van der Waals surface area contributed by atoms with Crippen LogP contribution in [-0.2, 0) is 4.74 Å². The second-order valence-electron chi connectivity index (χ2n) is 5.66. The highest BCUT2D eigenvalue weighted by Crippen LogP contribution is 2.38. The molecule has 1 aromatic carbocycles. The molecule has 2 rings (SSSR count). The van der Waals surface area contributed by atoms with Crippen molar-refractivity contribution >= 4 is 0 Å². The Morgan fingerprint density at radius 1 is 1.40 bits per heavy atom. The van der Waals surface area contributed by atoms with Gasteiger partial charge in [0.15, 0.2) is 0 Å². The van der Waals surface area contributed by atoms with Crippen LogP contribution in [0.4, 0.5) is 0 Å². The maximum Gasteiger partial charge on any atom is 0.119 e. The zero-order valence-corrected chi connectivity index (χ0v) is 12.9.